The minimum atomic E-state index is 0.0163. The molecule has 0 aliphatic carbocycles. The second kappa shape index (κ2) is 5.61. The number of nitrogens with one attached hydrogen (secondary N) is 2. The molecule has 2 aliphatic rings. The summed E-state index contributed by atoms with van der Waals surface area (Å²) in [6, 6.07) is 9.01. The highest BCUT2D eigenvalue weighted by Gasteiger charge is 2.36. The molecule has 5 heteroatoms. The molecule has 1 amide bonds. The fourth-order valence-electron chi connectivity index (χ4n) is 3.11. The Morgan fingerprint density at radius 1 is 1.30 bits per heavy atom. The van der Waals surface area contributed by atoms with Crippen LogP contribution in [0.4, 0.5) is 5.69 Å². The number of anilines is 1. The molecule has 2 aliphatic heterocycles. The number of benzene rings is 1. The third-order valence-electron chi connectivity index (χ3n) is 4.13. The first-order valence-electron chi connectivity index (χ1n) is 6.97. The van der Waals surface area contributed by atoms with Crippen LogP contribution >= 0.6 is 0 Å². The Morgan fingerprint density at radius 2 is 1.95 bits per heavy atom. The van der Waals surface area contributed by atoms with E-state index in [0.29, 0.717) is 23.9 Å². The predicted molar refractivity (Wildman–Crippen MR) is 76.1 cm³/mol. The zero-order valence-electron chi connectivity index (χ0n) is 11.3. The lowest BCUT2D eigenvalue weighted by Gasteiger charge is -2.16. The molecule has 0 unspecified atom stereocenters. The summed E-state index contributed by atoms with van der Waals surface area (Å²) in [4.78, 5) is 14.2. The maximum atomic E-state index is 12.0. The van der Waals surface area contributed by atoms with Crippen molar-refractivity contribution in [2.75, 3.05) is 38.0 Å². The van der Waals surface area contributed by atoms with Crippen LogP contribution in [0.3, 0.4) is 0 Å². The van der Waals surface area contributed by atoms with Gasteiger partial charge in [0.2, 0.25) is 5.91 Å². The van der Waals surface area contributed by atoms with Crippen molar-refractivity contribution in [1.29, 1.82) is 5.26 Å². The second-order valence-corrected chi connectivity index (χ2v) is 5.61. The lowest BCUT2D eigenvalue weighted by Crippen LogP contribution is -2.33. The molecule has 2 saturated heterocycles. The average Bonchev–Trinajstić information content (AvgIpc) is 3.00. The van der Waals surface area contributed by atoms with Crippen LogP contribution in [0.15, 0.2) is 24.3 Å². The van der Waals surface area contributed by atoms with Gasteiger partial charge in [-0.15, -0.1) is 0 Å². The lowest BCUT2D eigenvalue weighted by atomic mass is 10.0. The van der Waals surface area contributed by atoms with Gasteiger partial charge in [-0.25, -0.2) is 0 Å². The molecule has 1 aromatic rings. The number of fused-ring (bicyclic) bond motifs is 1. The molecule has 5 nitrogen and oxygen atoms in total. The third-order valence-corrected chi connectivity index (χ3v) is 4.13. The SMILES string of the molecule is N#Cc1ccc(NC(=O)CN2C[C@H]3CNC[C@H]3C2)cc1. The molecular weight excluding hydrogens is 252 g/mol. The number of rotatable bonds is 3. The molecular formula is C15H18N4O. The van der Waals surface area contributed by atoms with Crippen LogP contribution < -0.4 is 10.6 Å². The van der Waals surface area contributed by atoms with E-state index in [2.05, 4.69) is 21.6 Å². The van der Waals surface area contributed by atoms with Gasteiger partial charge in [-0.3, -0.25) is 9.69 Å². The maximum absolute atomic E-state index is 12.0. The Bertz CT molecular complexity index is 522. The maximum Gasteiger partial charge on any atom is 0.238 e. The van der Waals surface area contributed by atoms with Gasteiger partial charge in [-0.1, -0.05) is 0 Å². The zero-order valence-corrected chi connectivity index (χ0v) is 11.3. The summed E-state index contributed by atoms with van der Waals surface area (Å²) in [5.74, 6) is 1.43. The summed E-state index contributed by atoms with van der Waals surface area (Å²) < 4.78 is 0. The van der Waals surface area contributed by atoms with Gasteiger partial charge in [-0.05, 0) is 49.2 Å². The summed E-state index contributed by atoms with van der Waals surface area (Å²) in [6.07, 6.45) is 0. The first-order chi connectivity index (χ1) is 9.74. The highest BCUT2D eigenvalue weighted by molar-refractivity contribution is 5.92. The van der Waals surface area contributed by atoms with E-state index >= 15 is 0 Å². The van der Waals surface area contributed by atoms with Gasteiger partial charge in [-0.2, -0.15) is 5.26 Å². The topological polar surface area (TPSA) is 68.2 Å². The van der Waals surface area contributed by atoms with Gasteiger partial charge in [0.15, 0.2) is 0 Å². The van der Waals surface area contributed by atoms with Crippen LogP contribution in [0.1, 0.15) is 5.56 Å². The van der Waals surface area contributed by atoms with E-state index in [9.17, 15) is 4.79 Å². The number of hydrogen-bond acceptors (Lipinski definition) is 4. The fourth-order valence-corrected chi connectivity index (χ4v) is 3.11. The second-order valence-electron chi connectivity index (χ2n) is 5.61. The van der Waals surface area contributed by atoms with Crippen molar-refractivity contribution in [3.05, 3.63) is 29.8 Å². The molecule has 0 aromatic heterocycles. The Balaban J connectivity index is 1.51. The van der Waals surface area contributed by atoms with Crippen LogP contribution in [0.5, 0.6) is 0 Å². The molecule has 3 rings (SSSR count). The summed E-state index contributed by atoms with van der Waals surface area (Å²) in [5, 5.41) is 15.0. The first kappa shape index (κ1) is 13.1. The van der Waals surface area contributed by atoms with Gasteiger partial charge < -0.3 is 10.6 Å². The van der Waals surface area contributed by atoms with Crippen LogP contribution in [0.25, 0.3) is 0 Å². The monoisotopic (exact) mass is 270 g/mol. The number of carbonyl (C=O) groups is 1. The van der Waals surface area contributed by atoms with Crippen molar-refractivity contribution < 1.29 is 4.79 Å². The Labute approximate surface area is 118 Å². The van der Waals surface area contributed by atoms with Gasteiger partial charge in [0.05, 0.1) is 18.2 Å². The highest BCUT2D eigenvalue weighted by Crippen LogP contribution is 2.25. The number of likely N-dealkylation sites (tertiary alicyclic amines) is 1. The number of hydrogen-bond donors (Lipinski definition) is 2. The Morgan fingerprint density at radius 3 is 2.55 bits per heavy atom. The molecule has 0 radical (unpaired) electrons. The van der Waals surface area contributed by atoms with E-state index in [4.69, 9.17) is 5.26 Å². The van der Waals surface area contributed by atoms with E-state index < -0.39 is 0 Å². The van der Waals surface area contributed by atoms with Crippen LogP contribution in [-0.4, -0.2) is 43.5 Å². The summed E-state index contributed by atoms with van der Waals surface area (Å²) in [5.41, 5.74) is 1.35. The van der Waals surface area contributed by atoms with E-state index in [1.54, 1.807) is 24.3 Å². The fraction of sp³-hybridized carbons (Fsp3) is 0.467. The summed E-state index contributed by atoms with van der Waals surface area (Å²) in [6.45, 7) is 4.64. The van der Waals surface area contributed by atoms with Crippen LogP contribution in [0, 0.1) is 23.2 Å². The third kappa shape index (κ3) is 2.82. The molecule has 0 saturated carbocycles. The first-order valence-corrected chi connectivity index (χ1v) is 6.97. The highest BCUT2D eigenvalue weighted by atomic mass is 16.2. The summed E-state index contributed by atoms with van der Waals surface area (Å²) >= 11 is 0. The molecule has 20 heavy (non-hydrogen) atoms. The van der Waals surface area contributed by atoms with E-state index in [1.165, 1.54) is 0 Å². The van der Waals surface area contributed by atoms with E-state index in [1.807, 2.05) is 0 Å². The normalized spacial score (nSPS) is 25.1. The summed E-state index contributed by atoms with van der Waals surface area (Å²) in [7, 11) is 0. The molecule has 0 bridgehead atoms. The van der Waals surface area contributed by atoms with Crippen molar-refractivity contribution in [3.8, 4) is 6.07 Å². The molecule has 0 spiro atoms. The van der Waals surface area contributed by atoms with Crippen molar-refractivity contribution >= 4 is 11.6 Å². The molecule has 2 N–H and O–H groups in total. The lowest BCUT2D eigenvalue weighted by molar-refractivity contribution is -0.117. The van der Waals surface area contributed by atoms with Gasteiger partial charge in [0, 0.05) is 18.8 Å². The standard InChI is InChI=1S/C15H18N4O/c16-5-11-1-3-14(4-2-11)18-15(20)10-19-8-12-6-17-7-13(12)9-19/h1-4,12-13,17H,6-10H2,(H,18,20)/t12-,13+. The Hall–Kier alpha value is -1.90. The van der Waals surface area contributed by atoms with Crippen molar-refractivity contribution in [2.45, 2.75) is 0 Å². The van der Waals surface area contributed by atoms with Crippen molar-refractivity contribution in [1.82, 2.24) is 10.2 Å². The molecule has 1 aromatic carbocycles. The number of nitrogens with zero attached hydrogens (tertiary/aromatic N) is 2. The average molecular weight is 270 g/mol. The van der Waals surface area contributed by atoms with E-state index in [0.717, 1.165) is 31.9 Å². The largest absolute Gasteiger partial charge is 0.325 e. The smallest absolute Gasteiger partial charge is 0.238 e. The van der Waals surface area contributed by atoms with Gasteiger partial charge in [0.1, 0.15) is 0 Å². The Kier molecular flexibility index (Phi) is 3.68. The van der Waals surface area contributed by atoms with Crippen molar-refractivity contribution in [2.24, 2.45) is 11.8 Å². The minimum absolute atomic E-state index is 0.0163. The minimum Gasteiger partial charge on any atom is -0.325 e. The zero-order chi connectivity index (χ0) is 13.9. The van der Waals surface area contributed by atoms with Gasteiger partial charge in [0.25, 0.3) is 0 Å². The molecule has 2 heterocycles. The number of amides is 1. The van der Waals surface area contributed by atoms with Crippen molar-refractivity contribution in [3.63, 3.8) is 0 Å². The quantitative estimate of drug-likeness (QED) is 0.846. The van der Waals surface area contributed by atoms with Gasteiger partial charge >= 0.3 is 0 Å². The molecule has 2 fully saturated rings. The van der Waals surface area contributed by atoms with Crippen LogP contribution in [-0.2, 0) is 4.79 Å². The number of carbonyl (C=O) groups excluding carboxylic acids is 1. The predicted octanol–water partition coefficient (Wildman–Crippen LogP) is 0.648. The molecule has 2 atom stereocenters. The van der Waals surface area contributed by atoms with Crippen LogP contribution in [0.2, 0.25) is 0 Å². The molecule has 104 valence electrons. The van der Waals surface area contributed by atoms with E-state index in [-0.39, 0.29) is 5.91 Å². The number of nitriles is 1.